The van der Waals surface area contributed by atoms with E-state index in [0.29, 0.717) is 5.92 Å². The van der Waals surface area contributed by atoms with Gasteiger partial charge in [0, 0.05) is 12.3 Å². The molecule has 0 spiro atoms. The van der Waals surface area contributed by atoms with Gasteiger partial charge in [0.2, 0.25) is 0 Å². The van der Waals surface area contributed by atoms with Crippen molar-refractivity contribution >= 4 is 5.52 Å². The van der Waals surface area contributed by atoms with Crippen molar-refractivity contribution in [3.8, 4) is 0 Å². The lowest BCUT2D eigenvalue weighted by Gasteiger charge is -2.06. The molecule has 3 heteroatoms. The highest BCUT2D eigenvalue weighted by Crippen LogP contribution is 2.18. The van der Waals surface area contributed by atoms with Crippen molar-refractivity contribution in [2.75, 3.05) is 0 Å². The molecular formula is C10H12N2O. The molecule has 0 radical (unpaired) electrons. The minimum Gasteiger partial charge on any atom is -0.268 e. The first-order chi connectivity index (χ1) is 6.18. The van der Waals surface area contributed by atoms with Gasteiger partial charge in [0.15, 0.2) is 0 Å². The lowest BCUT2D eigenvalue weighted by Crippen LogP contribution is -1.98. The zero-order chi connectivity index (χ0) is 9.42. The van der Waals surface area contributed by atoms with Crippen LogP contribution >= 0.6 is 0 Å². The highest BCUT2D eigenvalue weighted by Gasteiger charge is 2.05. The molecular weight excluding hydrogens is 164 g/mol. The highest BCUT2D eigenvalue weighted by atomic mass is 16.1. The number of H-pyrrole nitrogens is 1. The second-order valence-corrected chi connectivity index (χ2v) is 3.49. The maximum Gasteiger partial charge on any atom is 0.264 e. The van der Waals surface area contributed by atoms with E-state index in [-0.39, 0.29) is 5.56 Å². The second kappa shape index (κ2) is 2.76. The van der Waals surface area contributed by atoms with Gasteiger partial charge in [-0.3, -0.25) is 14.4 Å². The summed E-state index contributed by atoms with van der Waals surface area (Å²) in [6.45, 7) is 4.24. The summed E-state index contributed by atoms with van der Waals surface area (Å²) in [6.07, 6.45) is 1.85. The van der Waals surface area contributed by atoms with Gasteiger partial charge in [-0.05, 0) is 17.5 Å². The van der Waals surface area contributed by atoms with Gasteiger partial charge in [0.1, 0.15) is 0 Å². The Kier molecular flexibility index (Phi) is 1.72. The average Bonchev–Trinajstić information content (AvgIpc) is 2.43. The molecule has 2 aromatic rings. The van der Waals surface area contributed by atoms with Gasteiger partial charge in [-0.15, -0.1) is 0 Å². The van der Waals surface area contributed by atoms with E-state index in [1.54, 1.807) is 10.6 Å². The van der Waals surface area contributed by atoms with E-state index in [1.165, 1.54) is 5.56 Å². The third-order valence-corrected chi connectivity index (χ3v) is 2.19. The van der Waals surface area contributed by atoms with Crippen LogP contribution in [-0.4, -0.2) is 9.61 Å². The molecule has 0 atom stereocenters. The molecule has 0 unspecified atom stereocenters. The van der Waals surface area contributed by atoms with Gasteiger partial charge >= 0.3 is 0 Å². The molecule has 0 aliphatic heterocycles. The third kappa shape index (κ3) is 1.26. The summed E-state index contributed by atoms with van der Waals surface area (Å²) in [5.74, 6) is 0.436. The van der Waals surface area contributed by atoms with Crippen LogP contribution in [0, 0.1) is 0 Å². The second-order valence-electron chi connectivity index (χ2n) is 3.49. The van der Waals surface area contributed by atoms with Gasteiger partial charge in [-0.25, -0.2) is 0 Å². The number of pyridine rings is 1. The summed E-state index contributed by atoms with van der Waals surface area (Å²) in [5.41, 5.74) is 2.12. The molecule has 0 saturated heterocycles. The molecule has 2 heterocycles. The van der Waals surface area contributed by atoms with Crippen molar-refractivity contribution in [2.45, 2.75) is 19.8 Å². The summed E-state index contributed by atoms with van der Waals surface area (Å²) >= 11 is 0. The van der Waals surface area contributed by atoms with E-state index >= 15 is 0 Å². The number of nitrogens with one attached hydrogen (secondary N) is 1. The topological polar surface area (TPSA) is 37.3 Å². The summed E-state index contributed by atoms with van der Waals surface area (Å²) in [4.78, 5) is 11.1. The van der Waals surface area contributed by atoms with Crippen molar-refractivity contribution in [3.05, 3.63) is 40.3 Å². The SMILES string of the molecule is CC(C)c1cccn2[nH]c(=O)cc12. The summed E-state index contributed by atoms with van der Waals surface area (Å²) in [5, 5.41) is 2.71. The van der Waals surface area contributed by atoms with Gasteiger partial charge in [-0.2, -0.15) is 0 Å². The van der Waals surface area contributed by atoms with E-state index in [4.69, 9.17) is 0 Å². The molecule has 2 rings (SSSR count). The van der Waals surface area contributed by atoms with Gasteiger partial charge < -0.3 is 0 Å². The number of rotatable bonds is 1. The Labute approximate surface area is 76.0 Å². The summed E-state index contributed by atoms with van der Waals surface area (Å²) in [7, 11) is 0. The third-order valence-electron chi connectivity index (χ3n) is 2.19. The van der Waals surface area contributed by atoms with Crippen molar-refractivity contribution < 1.29 is 0 Å². The highest BCUT2D eigenvalue weighted by molar-refractivity contribution is 5.54. The van der Waals surface area contributed by atoms with Gasteiger partial charge in [0.25, 0.3) is 5.56 Å². The van der Waals surface area contributed by atoms with Crippen molar-refractivity contribution in [1.82, 2.24) is 9.61 Å². The molecule has 0 aromatic carbocycles. The van der Waals surface area contributed by atoms with Crippen LogP contribution in [0.3, 0.4) is 0 Å². The van der Waals surface area contributed by atoms with Crippen LogP contribution in [0.4, 0.5) is 0 Å². The fourth-order valence-corrected chi connectivity index (χ4v) is 1.55. The number of hydrogen-bond donors (Lipinski definition) is 1. The number of aromatic amines is 1. The zero-order valence-electron chi connectivity index (χ0n) is 7.74. The maximum absolute atomic E-state index is 11.1. The fraction of sp³-hybridized carbons (Fsp3) is 0.300. The Morgan fingerprint density at radius 2 is 2.23 bits per heavy atom. The maximum atomic E-state index is 11.1. The molecule has 13 heavy (non-hydrogen) atoms. The molecule has 68 valence electrons. The molecule has 3 nitrogen and oxygen atoms in total. The standard InChI is InChI=1S/C10H12N2O/c1-7(2)8-4-3-5-12-9(8)6-10(13)11-12/h3-7H,1-2H3,(H,11,13). The van der Waals surface area contributed by atoms with Crippen molar-refractivity contribution in [3.63, 3.8) is 0 Å². The van der Waals surface area contributed by atoms with Crippen LogP contribution < -0.4 is 5.56 Å². The minimum atomic E-state index is -0.0481. The van der Waals surface area contributed by atoms with Gasteiger partial charge in [0.05, 0.1) is 5.52 Å². The summed E-state index contributed by atoms with van der Waals surface area (Å²) < 4.78 is 1.76. The van der Waals surface area contributed by atoms with Crippen LogP contribution in [0.25, 0.3) is 5.52 Å². The molecule has 0 fully saturated rings. The number of aromatic nitrogens is 2. The van der Waals surface area contributed by atoms with E-state index in [9.17, 15) is 4.79 Å². The molecule has 1 N–H and O–H groups in total. The van der Waals surface area contributed by atoms with Crippen LogP contribution in [0.5, 0.6) is 0 Å². The number of fused-ring (bicyclic) bond motifs is 1. The Bertz CT molecular complexity index is 479. The monoisotopic (exact) mass is 176 g/mol. The van der Waals surface area contributed by atoms with Crippen molar-refractivity contribution in [2.24, 2.45) is 0 Å². The smallest absolute Gasteiger partial charge is 0.264 e. The zero-order valence-corrected chi connectivity index (χ0v) is 7.74. The van der Waals surface area contributed by atoms with Gasteiger partial charge in [-0.1, -0.05) is 19.9 Å². The first-order valence-corrected chi connectivity index (χ1v) is 4.39. The van der Waals surface area contributed by atoms with E-state index in [1.807, 2.05) is 18.3 Å². The molecule has 0 aliphatic rings. The van der Waals surface area contributed by atoms with Crippen LogP contribution in [0.2, 0.25) is 0 Å². The number of hydrogen-bond acceptors (Lipinski definition) is 1. The molecule has 0 aliphatic carbocycles. The quantitative estimate of drug-likeness (QED) is 0.706. The average molecular weight is 176 g/mol. The van der Waals surface area contributed by atoms with Crippen LogP contribution in [-0.2, 0) is 0 Å². The predicted molar refractivity (Wildman–Crippen MR) is 52.1 cm³/mol. The lowest BCUT2D eigenvalue weighted by atomic mass is 10.0. The number of nitrogens with zero attached hydrogens (tertiary/aromatic N) is 1. The molecule has 0 bridgehead atoms. The normalized spacial score (nSPS) is 11.3. The van der Waals surface area contributed by atoms with Crippen molar-refractivity contribution in [1.29, 1.82) is 0 Å². The Morgan fingerprint density at radius 3 is 2.92 bits per heavy atom. The van der Waals surface area contributed by atoms with Crippen LogP contribution in [0.1, 0.15) is 25.3 Å². The predicted octanol–water partition coefficient (Wildman–Crippen LogP) is 1.75. The lowest BCUT2D eigenvalue weighted by molar-refractivity contribution is 0.851. The first kappa shape index (κ1) is 8.10. The first-order valence-electron chi connectivity index (χ1n) is 4.39. The fourth-order valence-electron chi connectivity index (χ4n) is 1.55. The van der Waals surface area contributed by atoms with Crippen LogP contribution in [0.15, 0.2) is 29.2 Å². The van der Waals surface area contributed by atoms with E-state index < -0.39 is 0 Å². The largest absolute Gasteiger partial charge is 0.268 e. The Hall–Kier alpha value is -1.51. The molecule has 0 amide bonds. The van der Waals surface area contributed by atoms with E-state index in [2.05, 4.69) is 18.9 Å². The molecule has 0 saturated carbocycles. The minimum absolute atomic E-state index is 0.0481. The summed E-state index contributed by atoms with van der Waals surface area (Å²) in [6, 6.07) is 5.63. The molecule has 2 aromatic heterocycles. The van der Waals surface area contributed by atoms with E-state index in [0.717, 1.165) is 5.52 Å². The Balaban J connectivity index is 2.82. The Morgan fingerprint density at radius 1 is 1.46 bits per heavy atom.